The number of rotatable bonds is 5. The molecule has 0 rings (SSSR count). The first-order chi connectivity index (χ1) is 5.10. The van der Waals surface area contributed by atoms with E-state index < -0.39 is 13.2 Å². The number of hydrogen-bond donors (Lipinski definition) is 1. The quantitative estimate of drug-likeness (QED) is 0.543. The van der Waals surface area contributed by atoms with Crippen LogP contribution in [0.4, 0.5) is 0 Å². The lowest BCUT2D eigenvalue weighted by molar-refractivity contribution is 0.148. The predicted octanol–water partition coefficient (Wildman–Crippen LogP) is 2.26. The Kier molecular flexibility index (Phi) is 5.44. The van der Waals surface area contributed by atoms with Crippen LogP contribution in [0.3, 0.4) is 0 Å². The second kappa shape index (κ2) is 5.20. The minimum atomic E-state index is -2.80. The van der Waals surface area contributed by atoms with Crippen molar-refractivity contribution in [2.75, 3.05) is 6.26 Å². The van der Waals surface area contributed by atoms with E-state index in [-0.39, 0.29) is 0 Å². The zero-order valence-electron chi connectivity index (χ0n) is 7.09. The van der Waals surface area contributed by atoms with Gasteiger partial charge in [-0.3, -0.25) is 9.09 Å². The van der Waals surface area contributed by atoms with E-state index in [0.717, 1.165) is 12.8 Å². The molecule has 68 valence electrons. The smallest absolute Gasteiger partial charge is 0.317 e. The average Bonchev–Trinajstić information content (AvgIpc) is 2.00. The van der Waals surface area contributed by atoms with Crippen LogP contribution in [-0.2, 0) is 9.09 Å². The summed E-state index contributed by atoms with van der Waals surface area (Å²) in [5.74, 6) is 0. The molecule has 0 aromatic heterocycles. The van der Waals surface area contributed by atoms with Crippen LogP contribution < -0.4 is 0 Å². The van der Waals surface area contributed by atoms with Gasteiger partial charge in [-0.1, -0.05) is 13.8 Å². The van der Waals surface area contributed by atoms with Crippen molar-refractivity contribution in [1.82, 2.24) is 0 Å². The molecule has 0 aromatic carbocycles. The van der Waals surface area contributed by atoms with Crippen LogP contribution in [0.25, 0.3) is 0 Å². The Balaban J connectivity index is 4.16. The minimum Gasteiger partial charge on any atom is -0.326 e. The van der Waals surface area contributed by atoms with E-state index in [1.807, 2.05) is 20.1 Å². The van der Waals surface area contributed by atoms with Gasteiger partial charge in [0.1, 0.15) is 4.93 Å². The molecule has 0 saturated carbocycles. The standard InChI is InChI=1S/C6H15O3PS/c1-4-6(5-2,11-3)9-10(7)8/h10H,4-5H2,1-3H3,(H,7,8). The fourth-order valence-electron chi connectivity index (χ4n) is 0.884. The first-order valence-corrected chi connectivity index (χ1v) is 6.06. The molecule has 0 amide bonds. The summed E-state index contributed by atoms with van der Waals surface area (Å²) in [5, 5.41) is 0. The molecule has 0 heterocycles. The van der Waals surface area contributed by atoms with Crippen LogP contribution in [0.1, 0.15) is 26.7 Å². The molecule has 0 fully saturated rings. The highest BCUT2D eigenvalue weighted by atomic mass is 32.2. The maximum absolute atomic E-state index is 10.4. The molecule has 1 N–H and O–H groups in total. The lowest BCUT2D eigenvalue weighted by Crippen LogP contribution is -2.23. The van der Waals surface area contributed by atoms with Crippen molar-refractivity contribution in [2.24, 2.45) is 0 Å². The zero-order chi connectivity index (χ0) is 8.91. The van der Waals surface area contributed by atoms with Crippen molar-refractivity contribution in [2.45, 2.75) is 31.6 Å². The second-order valence-electron chi connectivity index (χ2n) is 2.19. The molecule has 11 heavy (non-hydrogen) atoms. The summed E-state index contributed by atoms with van der Waals surface area (Å²) in [4.78, 5) is 8.14. The molecule has 0 bridgehead atoms. The molecule has 0 aliphatic heterocycles. The first kappa shape index (κ1) is 11.5. The van der Waals surface area contributed by atoms with Gasteiger partial charge in [-0.05, 0) is 19.1 Å². The van der Waals surface area contributed by atoms with E-state index in [1.165, 1.54) is 11.8 Å². The number of hydrogen-bond acceptors (Lipinski definition) is 3. The highest BCUT2D eigenvalue weighted by Crippen LogP contribution is 2.38. The molecule has 0 aromatic rings. The van der Waals surface area contributed by atoms with Gasteiger partial charge in [-0.2, -0.15) is 0 Å². The fourth-order valence-corrected chi connectivity index (χ4v) is 2.62. The summed E-state index contributed by atoms with van der Waals surface area (Å²) in [7, 11) is -2.80. The van der Waals surface area contributed by atoms with Gasteiger partial charge in [0.15, 0.2) is 0 Å². The van der Waals surface area contributed by atoms with Crippen molar-refractivity contribution in [3.63, 3.8) is 0 Å². The molecule has 0 radical (unpaired) electrons. The zero-order valence-corrected chi connectivity index (χ0v) is 8.90. The normalized spacial score (nSPS) is 14.9. The fraction of sp³-hybridized carbons (Fsp3) is 1.00. The number of thioether (sulfide) groups is 1. The van der Waals surface area contributed by atoms with Gasteiger partial charge in [0.05, 0.1) is 0 Å². The van der Waals surface area contributed by atoms with Crippen LogP contribution >= 0.6 is 20.0 Å². The van der Waals surface area contributed by atoms with Gasteiger partial charge in [-0.25, -0.2) is 0 Å². The third-order valence-corrected chi connectivity index (χ3v) is 3.84. The van der Waals surface area contributed by atoms with Gasteiger partial charge in [0.25, 0.3) is 0 Å². The van der Waals surface area contributed by atoms with E-state index in [9.17, 15) is 4.57 Å². The van der Waals surface area contributed by atoms with E-state index in [4.69, 9.17) is 9.42 Å². The molecule has 0 aliphatic carbocycles. The second-order valence-corrected chi connectivity index (χ2v) is 4.08. The Labute approximate surface area is 72.5 Å². The summed E-state index contributed by atoms with van der Waals surface area (Å²) in [6.07, 6.45) is 3.39. The largest absolute Gasteiger partial charge is 0.326 e. The lowest BCUT2D eigenvalue weighted by Gasteiger charge is -2.27. The van der Waals surface area contributed by atoms with E-state index in [1.54, 1.807) is 0 Å². The highest BCUT2D eigenvalue weighted by Gasteiger charge is 2.27. The Morgan fingerprint density at radius 3 is 2.09 bits per heavy atom. The van der Waals surface area contributed by atoms with Crippen LogP contribution in [-0.4, -0.2) is 16.1 Å². The molecule has 0 spiro atoms. The summed E-state index contributed by atoms with van der Waals surface area (Å²) < 4.78 is 15.4. The van der Waals surface area contributed by atoms with E-state index in [0.29, 0.717) is 0 Å². The molecule has 3 nitrogen and oxygen atoms in total. The van der Waals surface area contributed by atoms with Gasteiger partial charge in [0.2, 0.25) is 0 Å². The predicted molar refractivity (Wildman–Crippen MR) is 49.1 cm³/mol. The van der Waals surface area contributed by atoms with Gasteiger partial charge >= 0.3 is 8.25 Å². The summed E-state index contributed by atoms with van der Waals surface area (Å²) >= 11 is 1.49. The van der Waals surface area contributed by atoms with Crippen molar-refractivity contribution in [3.8, 4) is 0 Å². The Hall–Kier alpha value is 0.500. The van der Waals surface area contributed by atoms with Crippen molar-refractivity contribution < 1.29 is 14.0 Å². The van der Waals surface area contributed by atoms with Gasteiger partial charge in [0, 0.05) is 0 Å². The highest BCUT2D eigenvalue weighted by molar-refractivity contribution is 7.99. The summed E-state index contributed by atoms with van der Waals surface area (Å²) in [6.45, 7) is 3.90. The van der Waals surface area contributed by atoms with Crippen molar-refractivity contribution >= 4 is 20.0 Å². The molecule has 5 heteroatoms. The lowest BCUT2D eigenvalue weighted by atomic mass is 10.2. The van der Waals surface area contributed by atoms with E-state index in [2.05, 4.69) is 0 Å². The molecule has 0 aliphatic rings. The van der Waals surface area contributed by atoms with E-state index >= 15 is 0 Å². The Morgan fingerprint density at radius 2 is 2.00 bits per heavy atom. The summed E-state index contributed by atoms with van der Waals surface area (Å²) in [6, 6.07) is 0. The Morgan fingerprint density at radius 1 is 1.55 bits per heavy atom. The SMILES string of the molecule is CCC(CC)(O[PH](=O)O)SC. The third kappa shape index (κ3) is 3.61. The molecule has 1 unspecified atom stereocenters. The molecular formula is C6H15O3PS. The van der Waals surface area contributed by atoms with Gasteiger partial charge in [-0.15, -0.1) is 11.8 Å². The monoisotopic (exact) mass is 198 g/mol. The Bertz CT molecular complexity index is 128. The van der Waals surface area contributed by atoms with Crippen molar-refractivity contribution in [1.29, 1.82) is 0 Å². The van der Waals surface area contributed by atoms with Crippen LogP contribution in [0.15, 0.2) is 0 Å². The third-order valence-electron chi connectivity index (χ3n) is 1.72. The topological polar surface area (TPSA) is 46.5 Å². The molecule has 1 atom stereocenters. The maximum atomic E-state index is 10.4. The first-order valence-electron chi connectivity index (χ1n) is 3.57. The average molecular weight is 198 g/mol. The van der Waals surface area contributed by atoms with Crippen LogP contribution in [0, 0.1) is 0 Å². The van der Waals surface area contributed by atoms with Crippen LogP contribution in [0.5, 0.6) is 0 Å². The van der Waals surface area contributed by atoms with Gasteiger partial charge < -0.3 is 4.89 Å². The maximum Gasteiger partial charge on any atom is 0.317 e. The van der Waals surface area contributed by atoms with Crippen LogP contribution in [0.2, 0.25) is 0 Å². The van der Waals surface area contributed by atoms with Crippen molar-refractivity contribution in [3.05, 3.63) is 0 Å². The molecule has 0 saturated heterocycles. The minimum absolute atomic E-state index is 0.454. The summed E-state index contributed by atoms with van der Waals surface area (Å²) in [5.41, 5.74) is 0. The molecular weight excluding hydrogens is 183 g/mol.